The second-order valence-corrected chi connectivity index (χ2v) is 7.48. The van der Waals surface area contributed by atoms with Crippen molar-refractivity contribution < 1.29 is 9.47 Å². The summed E-state index contributed by atoms with van der Waals surface area (Å²) in [5.74, 6) is 8.11. The van der Waals surface area contributed by atoms with Gasteiger partial charge in [-0.3, -0.25) is 4.57 Å². The summed E-state index contributed by atoms with van der Waals surface area (Å²) in [5.41, 5.74) is 3.66. The van der Waals surface area contributed by atoms with E-state index in [4.69, 9.17) is 9.47 Å². The van der Waals surface area contributed by atoms with Crippen molar-refractivity contribution in [3.63, 3.8) is 0 Å². The zero-order chi connectivity index (χ0) is 18.8. The molecule has 0 aliphatic carbocycles. The molecular formula is C21H21N3O2S. The lowest BCUT2D eigenvalue weighted by atomic mass is 10.0. The molecule has 0 saturated carbocycles. The van der Waals surface area contributed by atoms with Crippen molar-refractivity contribution in [3.05, 3.63) is 63.5 Å². The minimum atomic E-state index is -0.0987. The smallest absolute Gasteiger partial charge is 0.167 e. The van der Waals surface area contributed by atoms with Gasteiger partial charge in [-0.1, -0.05) is 42.2 Å². The highest BCUT2D eigenvalue weighted by atomic mass is 32.1. The van der Waals surface area contributed by atoms with Gasteiger partial charge in [-0.2, -0.15) is 0 Å². The van der Waals surface area contributed by atoms with Crippen molar-refractivity contribution in [1.82, 2.24) is 14.8 Å². The first-order valence-corrected chi connectivity index (χ1v) is 9.71. The molecule has 1 aliphatic heterocycles. The van der Waals surface area contributed by atoms with Crippen LogP contribution in [0.25, 0.3) is 5.00 Å². The van der Waals surface area contributed by atoms with Gasteiger partial charge in [0.1, 0.15) is 23.5 Å². The van der Waals surface area contributed by atoms with Gasteiger partial charge in [0, 0.05) is 12.7 Å². The average Bonchev–Trinajstić information content (AvgIpc) is 3.17. The molecule has 1 aromatic carbocycles. The highest BCUT2D eigenvalue weighted by Gasteiger charge is 2.28. The van der Waals surface area contributed by atoms with Crippen molar-refractivity contribution >= 4 is 11.3 Å². The molecule has 4 rings (SSSR count). The van der Waals surface area contributed by atoms with Crippen LogP contribution in [0.15, 0.2) is 30.3 Å². The first kappa shape index (κ1) is 17.9. The summed E-state index contributed by atoms with van der Waals surface area (Å²) in [7, 11) is 1.66. The number of rotatable bonds is 3. The standard InChI is InChI=1S/C21H21N3O2S/c1-14-20-23-22-15(2)24(20)21-18(13-26-14)17(12-16-8-5-4-6-9-16)19(27-21)10-7-11-25-3/h4-6,8-9,14H,11-13H2,1-3H3/t14-/m0/s1. The highest BCUT2D eigenvalue weighted by molar-refractivity contribution is 7.15. The summed E-state index contributed by atoms with van der Waals surface area (Å²) in [6, 6.07) is 10.5. The lowest BCUT2D eigenvalue weighted by molar-refractivity contribution is 0.0493. The Morgan fingerprint density at radius 2 is 2.11 bits per heavy atom. The lowest BCUT2D eigenvalue weighted by Crippen LogP contribution is -2.04. The summed E-state index contributed by atoms with van der Waals surface area (Å²) in [5, 5.41) is 9.72. The van der Waals surface area contributed by atoms with Gasteiger partial charge in [0.25, 0.3) is 0 Å². The number of thiophene rings is 1. The molecule has 27 heavy (non-hydrogen) atoms. The molecule has 0 saturated heterocycles. The van der Waals surface area contributed by atoms with Gasteiger partial charge in [0.15, 0.2) is 5.82 Å². The number of aromatic nitrogens is 3. The van der Waals surface area contributed by atoms with Crippen LogP contribution >= 0.6 is 11.3 Å². The topological polar surface area (TPSA) is 49.2 Å². The molecule has 0 bridgehead atoms. The van der Waals surface area contributed by atoms with Crippen LogP contribution in [-0.4, -0.2) is 28.5 Å². The van der Waals surface area contributed by atoms with Crippen molar-refractivity contribution in [2.45, 2.75) is 33.0 Å². The molecule has 5 nitrogen and oxygen atoms in total. The van der Waals surface area contributed by atoms with Crippen LogP contribution in [0.2, 0.25) is 0 Å². The SMILES string of the molecule is COCC#Cc1sc2c(c1Cc1ccccc1)CO[C@@H](C)c1nnc(C)n1-2. The molecule has 0 N–H and O–H groups in total. The van der Waals surface area contributed by atoms with E-state index < -0.39 is 0 Å². The number of ether oxygens (including phenoxy) is 2. The summed E-state index contributed by atoms with van der Waals surface area (Å²) >= 11 is 1.68. The molecular weight excluding hydrogens is 358 g/mol. The number of hydrogen-bond acceptors (Lipinski definition) is 5. The minimum absolute atomic E-state index is 0.0987. The quantitative estimate of drug-likeness (QED) is 0.649. The molecule has 1 atom stereocenters. The van der Waals surface area contributed by atoms with Gasteiger partial charge in [-0.05, 0) is 31.4 Å². The van der Waals surface area contributed by atoms with Crippen molar-refractivity contribution in [2.75, 3.05) is 13.7 Å². The Balaban J connectivity index is 1.87. The Hall–Kier alpha value is -2.46. The monoisotopic (exact) mass is 379 g/mol. The first-order chi connectivity index (χ1) is 13.2. The predicted molar refractivity (Wildman–Crippen MR) is 105 cm³/mol. The van der Waals surface area contributed by atoms with Crippen LogP contribution in [0.4, 0.5) is 0 Å². The van der Waals surface area contributed by atoms with Crippen molar-refractivity contribution in [2.24, 2.45) is 0 Å². The Morgan fingerprint density at radius 1 is 1.30 bits per heavy atom. The molecule has 0 spiro atoms. The van der Waals surface area contributed by atoms with Gasteiger partial charge in [0.05, 0.1) is 11.5 Å². The predicted octanol–water partition coefficient (Wildman–Crippen LogP) is 3.82. The Labute approximate surface area is 163 Å². The fraction of sp³-hybridized carbons (Fsp3) is 0.333. The Bertz CT molecular complexity index is 1010. The van der Waals surface area contributed by atoms with E-state index in [2.05, 4.69) is 50.9 Å². The zero-order valence-electron chi connectivity index (χ0n) is 15.7. The van der Waals surface area contributed by atoms with Gasteiger partial charge in [-0.15, -0.1) is 21.5 Å². The van der Waals surface area contributed by atoms with Crippen molar-refractivity contribution in [3.8, 4) is 16.8 Å². The normalized spacial score (nSPS) is 15.4. The highest BCUT2D eigenvalue weighted by Crippen LogP contribution is 2.38. The number of methoxy groups -OCH3 is 1. The largest absolute Gasteiger partial charge is 0.372 e. The second kappa shape index (κ2) is 7.65. The van der Waals surface area contributed by atoms with Gasteiger partial charge >= 0.3 is 0 Å². The zero-order valence-corrected chi connectivity index (χ0v) is 16.5. The van der Waals surface area contributed by atoms with E-state index in [1.165, 1.54) is 16.7 Å². The molecule has 3 heterocycles. The molecule has 3 aromatic rings. The molecule has 1 aliphatic rings. The maximum Gasteiger partial charge on any atom is 0.167 e. The molecule has 0 unspecified atom stereocenters. The Morgan fingerprint density at radius 3 is 2.89 bits per heavy atom. The molecule has 0 radical (unpaired) electrons. The van der Waals surface area contributed by atoms with E-state index in [0.717, 1.165) is 27.9 Å². The van der Waals surface area contributed by atoms with E-state index in [0.29, 0.717) is 13.2 Å². The Kier molecular flexibility index (Phi) is 5.08. The number of aryl methyl sites for hydroxylation is 1. The summed E-state index contributed by atoms with van der Waals surface area (Å²) in [6.07, 6.45) is 0.719. The van der Waals surface area contributed by atoms with Gasteiger partial charge in [0.2, 0.25) is 0 Å². The third-order valence-electron chi connectivity index (χ3n) is 4.63. The fourth-order valence-electron chi connectivity index (χ4n) is 3.27. The van der Waals surface area contributed by atoms with E-state index in [1.807, 2.05) is 19.9 Å². The molecule has 6 heteroatoms. The fourth-order valence-corrected chi connectivity index (χ4v) is 4.53. The lowest BCUT2D eigenvalue weighted by Gasteiger charge is -2.09. The molecule has 0 fully saturated rings. The average molecular weight is 379 g/mol. The van der Waals surface area contributed by atoms with Gasteiger partial charge < -0.3 is 9.47 Å². The summed E-state index contributed by atoms with van der Waals surface area (Å²) in [4.78, 5) is 1.05. The second-order valence-electron chi connectivity index (χ2n) is 6.48. The van der Waals surface area contributed by atoms with Crippen LogP contribution in [0.3, 0.4) is 0 Å². The number of nitrogens with zero attached hydrogens (tertiary/aromatic N) is 3. The van der Waals surface area contributed by atoms with E-state index in [1.54, 1.807) is 18.4 Å². The molecule has 0 amide bonds. The third-order valence-corrected chi connectivity index (χ3v) is 5.81. The maximum atomic E-state index is 6.10. The summed E-state index contributed by atoms with van der Waals surface area (Å²) < 4.78 is 13.3. The maximum absolute atomic E-state index is 6.10. The van der Waals surface area contributed by atoms with Crippen LogP contribution in [-0.2, 0) is 22.5 Å². The number of fused-ring (bicyclic) bond motifs is 3. The van der Waals surface area contributed by atoms with E-state index in [9.17, 15) is 0 Å². The number of hydrogen-bond donors (Lipinski definition) is 0. The van der Waals surface area contributed by atoms with E-state index in [-0.39, 0.29) is 6.10 Å². The molecule has 138 valence electrons. The van der Waals surface area contributed by atoms with E-state index >= 15 is 0 Å². The van der Waals surface area contributed by atoms with Crippen LogP contribution in [0.1, 0.15) is 46.2 Å². The minimum Gasteiger partial charge on any atom is -0.372 e. The summed E-state index contributed by atoms with van der Waals surface area (Å²) in [6.45, 7) is 4.96. The van der Waals surface area contributed by atoms with Crippen LogP contribution in [0, 0.1) is 18.8 Å². The van der Waals surface area contributed by atoms with Crippen LogP contribution in [0.5, 0.6) is 0 Å². The van der Waals surface area contributed by atoms with Crippen LogP contribution < -0.4 is 0 Å². The number of benzene rings is 1. The van der Waals surface area contributed by atoms with Gasteiger partial charge in [-0.25, -0.2) is 0 Å². The van der Waals surface area contributed by atoms with Crippen molar-refractivity contribution in [1.29, 1.82) is 0 Å². The third kappa shape index (κ3) is 3.42. The molecule has 2 aromatic heterocycles. The first-order valence-electron chi connectivity index (χ1n) is 8.89.